The predicted octanol–water partition coefficient (Wildman–Crippen LogP) is 6.07. The molecule has 0 bridgehead atoms. The number of amides is 2. The van der Waals surface area contributed by atoms with Crippen molar-refractivity contribution < 1.29 is 28.9 Å². The molecule has 37 heavy (non-hydrogen) atoms. The minimum Gasteiger partial charge on any atom is -0.444 e. The first-order valence-corrected chi connectivity index (χ1v) is 14.7. The van der Waals surface area contributed by atoms with E-state index in [1.54, 1.807) is 15.9 Å². The third-order valence-corrected chi connectivity index (χ3v) is 5.92. The monoisotopic (exact) mass is 638 g/mol. The Kier molecular flexibility index (Phi) is 18.2. The van der Waals surface area contributed by atoms with Crippen molar-refractivity contribution in [3.8, 4) is 0 Å². The zero-order valence-electron chi connectivity index (χ0n) is 24.0. The van der Waals surface area contributed by atoms with Gasteiger partial charge in [0.1, 0.15) is 11.2 Å². The summed E-state index contributed by atoms with van der Waals surface area (Å²) in [7, 11) is 0. The minimum absolute atomic E-state index is 0.152. The summed E-state index contributed by atoms with van der Waals surface area (Å²) in [6.07, 6.45) is 7.20. The molecule has 2 fully saturated rings. The Morgan fingerprint density at radius 1 is 0.892 bits per heavy atom. The van der Waals surface area contributed by atoms with E-state index in [-0.39, 0.29) is 24.7 Å². The first-order chi connectivity index (χ1) is 17.3. The zero-order valence-corrected chi connectivity index (χ0v) is 26.1. The first kappa shape index (κ1) is 35.7. The molecule has 2 atom stereocenters. The number of nitrogens with zero attached hydrogens (tertiary/aromatic N) is 2. The maximum atomic E-state index is 11.9. The van der Waals surface area contributed by atoms with E-state index in [0.717, 1.165) is 49.7 Å². The van der Waals surface area contributed by atoms with Gasteiger partial charge in [-0.25, -0.2) is 9.59 Å². The third kappa shape index (κ3) is 18.5. The van der Waals surface area contributed by atoms with Crippen LogP contribution in [0.15, 0.2) is 25.3 Å². The number of likely N-dealkylation sites (tertiary alicyclic amines) is 2. The Morgan fingerprint density at radius 2 is 1.32 bits per heavy atom. The average Bonchev–Trinajstić information content (AvgIpc) is 2.83. The van der Waals surface area contributed by atoms with Crippen LogP contribution in [0.25, 0.3) is 0 Å². The summed E-state index contributed by atoms with van der Waals surface area (Å²) in [5.74, 6) is 0.623. The van der Waals surface area contributed by atoms with Crippen molar-refractivity contribution in [2.24, 2.45) is 11.8 Å². The molecule has 2 unspecified atom stereocenters. The Labute approximate surface area is 238 Å². The molecule has 0 radical (unpaired) electrons. The second kappa shape index (κ2) is 18.8. The van der Waals surface area contributed by atoms with Gasteiger partial charge in [-0.05, 0) is 73.1 Å². The first-order valence-electron chi connectivity index (χ1n) is 13.2. The molecule has 0 spiro atoms. The van der Waals surface area contributed by atoms with Crippen LogP contribution in [0.1, 0.15) is 67.2 Å². The highest BCUT2D eigenvalue weighted by molar-refractivity contribution is 14.1. The molecule has 0 aromatic rings. The molecule has 2 saturated heterocycles. The summed E-state index contributed by atoms with van der Waals surface area (Å²) >= 11 is 2.23. The number of carbonyl (C=O) groups excluding carboxylic acids is 2. The molecule has 2 heterocycles. The maximum absolute atomic E-state index is 11.9. The van der Waals surface area contributed by atoms with Crippen LogP contribution in [0.2, 0.25) is 0 Å². The highest BCUT2D eigenvalue weighted by atomic mass is 127. The van der Waals surface area contributed by atoms with Gasteiger partial charge in [0, 0.05) is 43.1 Å². The number of ether oxygens (including phenoxy) is 3. The zero-order chi connectivity index (χ0) is 28.5. The van der Waals surface area contributed by atoms with E-state index in [1.807, 2.05) is 47.6 Å². The molecule has 2 aliphatic rings. The van der Waals surface area contributed by atoms with Crippen LogP contribution in [0.5, 0.6) is 0 Å². The third-order valence-electron chi connectivity index (χ3n) is 5.30. The molecule has 2 amide bonds. The van der Waals surface area contributed by atoms with Gasteiger partial charge < -0.3 is 29.1 Å². The van der Waals surface area contributed by atoms with Crippen LogP contribution in [0.4, 0.5) is 9.59 Å². The van der Waals surface area contributed by atoms with Crippen molar-refractivity contribution in [3.05, 3.63) is 25.3 Å². The standard InChI is InChI=1S/C14H25NO3.C11H21NO3.C3H5I/c1-5-9-17-11-12-7-6-8-15(10-12)13(16)18-14(2,3)4;1-11(2,3)15-10(14)12-6-4-5-9(7-12)8-13;1-2-3-4/h5,12H,1,6-11H2,2-4H3;9,13H,4-8H2,1-3H3;2H,1,3H2. The molecular formula is C28H51IN2O6. The molecule has 0 saturated carbocycles. The number of aliphatic hydroxyl groups excluding tert-OH is 1. The van der Waals surface area contributed by atoms with Crippen molar-refractivity contribution >= 4 is 34.8 Å². The van der Waals surface area contributed by atoms with E-state index >= 15 is 0 Å². The Morgan fingerprint density at radius 3 is 1.70 bits per heavy atom. The number of hydrogen-bond donors (Lipinski definition) is 1. The van der Waals surface area contributed by atoms with Crippen LogP contribution in [-0.4, -0.2) is 88.7 Å². The summed E-state index contributed by atoms with van der Waals surface area (Å²) in [6.45, 7) is 22.6. The van der Waals surface area contributed by atoms with E-state index in [2.05, 4.69) is 35.7 Å². The Hall–Kier alpha value is -1.33. The molecule has 0 aromatic carbocycles. The van der Waals surface area contributed by atoms with Crippen molar-refractivity contribution in [1.82, 2.24) is 9.80 Å². The molecule has 216 valence electrons. The maximum Gasteiger partial charge on any atom is 0.410 e. The lowest BCUT2D eigenvalue weighted by Crippen LogP contribution is -2.43. The lowest BCUT2D eigenvalue weighted by Gasteiger charge is -2.34. The number of piperidine rings is 2. The fourth-order valence-corrected chi connectivity index (χ4v) is 3.72. The van der Waals surface area contributed by atoms with Gasteiger partial charge in [0.2, 0.25) is 0 Å². The van der Waals surface area contributed by atoms with Gasteiger partial charge in [-0.2, -0.15) is 0 Å². The van der Waals surface area contributed by atoms with Gasteiger partial charge in [0.05, 0.1) is 13.2 Å². The van der Waals surface area contributed by atoms with Crippen LogP contribution in [0, 0.1) is 11.8 Å². The fraction of sp³-hybridized carbons (Fsp3) is 0.786. The summed E-state index contributed by atoms with van der Waals surface area (Å²) in [5.41, 5.74) is -0.868. The van der Waals surface area contributed by atoms with E-state index in [9.17, 15) is 9.59 Å². The van der Waals surface area contributed by atoms with Crippen LogP contribution < -0.4 is 0 Å². The Bertz CT molecular complexity index is 675. The normalized spacial score (nSPS) is 19.9. The summed E-state index contributed by atoms with van der Waals surface area (Å²) in [5, 5.41) is 9.04. The van der Waals surface area contributed by atoms with Gasteiger partial charge in [0.25, 0.3) is 0 Å². The highest BCUT2D eigenvalue weighted by Crippen LogP contribution is 2.20. The van der Waals surface area contributed by atoms with Crippen LogP contribution in [0.3, 0.4) is 0 Å². The summed E-state index contributed by atoms with van der Waals surface area (Å²) in [4.78, 5) is 27.1. The van der Waals surface area contributed by atoms with Crippen molar-refractivity contribution in [1.29, 1.82) is 0 Å². The second-order valence-corrected chi connectivity index (χ2v) is 12.2. The number of aliphatic hydroxyl groups is 1. The van der Waals surface area contributed by atoms with E-state index in [4.69, 9.17) is 19.3 Å². The van der Waals surface area contributed by atoms with E-state index in [0.29, 0.717) is 25.7 Å². The lowest BCUT2D eigenvalue weighted by atomic mass is 9.99. The van der Waals surface area contributed by atoms with E-state index in [1.165, 1.54) is 0 Å². The van der Waals surface area contributed by atoms with Gasteiger partial charge in [-0.15, -0.1) is 13.2 Å². The SMILES string of the molecule is C=CCI.C=CCOCC1CCCN(C(=O)OC(C)(C)C)C1.CC(C)(C)OC(=O)N1CCCC(CO)C1. The number of alkyl halides is 1. The quantitative estimate of drug-likeness (QED) is 0.165. The highest BCUT2D eigenvalue weighted by Gasteiger charge is 2.28. The number of rotatable bonds is 6. The van der Waals surface area contributed by atoms with Gasteiger partial charge >= 0.3 is 12.2 Å². The summed E-state index contributed by atoms with van der Waals surface area (Å²) in [6, 6.07) is 0. The lowest BCUT2D eigenvalue weighted by molar-refractivity contribution is 0.00904. The van der Waals surface area contributed by atoms with E-state index < -0.39 is 11.2 Å². The number of halogens is 1. The fourth-order valence-electron chi connectivity index (χ4n) is 3.72. The smallest absolute Gasteiger partial charge is 0.410 e. The number of hydrogen-bond acceptors (Lipinski definition) is 6. The second-order valence-electron chi connectivity index (χ2n) is 11.3. The molecule has 9 heteroatoms. The van der Waals surface area contributed by atoms with Crippen molar-refractivity contribution in [3.63, 3.8) is 0 Å². The van der Waals surface area contributed by atoms with Crippen molar-refractivity contribution in [2.75, 3.05) is 50.4 Å². The van der Waals surface area contributed by atoms with Gasteiger partial charge in [-0.3, -0.25) is 0 Å². The van der Waals surface area contributed by atoms with Gasteiger partial charge in [-0.1, -0.05) is 34.7 Å². The van der Waals surface area contributed by atoms with Crippen LogP contribution >= 0.6 is 22.6 Å². The van der Waals surface area contributed by atoms with Gasteiger partial charge in [0.15, 0.2) is 0 Å². The molecule has 2 aliphatic heterocycles. The Balaban J connectivity index is 0.000000619. The largest absolute Gasteiger partial charge is 0.444 e. The molecule has 8 nitrogen and oxygen atoms in total. The average molecular weight is 639 g/mol. The summed E-state index contributed by atoms with van der Waals surface area (Å²) < 4.78 is 17.2. The molecule has 0 aliphatic carbocycles. The van der Waals surface area contributed by atoms with Crippen LogP contribution in [-0.2, 0) is 14.2 Å². The topological polar surface area (TPSA) is 88.5 Å². The molecule has 1 N–H and O–H groups in total. The number of carbonyl (C=O) groups is 2. The molecular weight excluding hydrogens is 587 g/mol. The molecule has 0 aromatic heterocycles. The predicted molar refractivity (Wildman–Crippen MR) is 158 cm³/mol. The molecule has 2 rings (SSSR count). The van der Waals surface area contributed by atoms with Crippen molar-refractivity contribution in [2.45, 2.75) is 78.4 Å². The number of allylic oxidation sites excluding steroid dienone is 1. The minimum atomic E-state index is -0.441.